The predicted octanol–water partition coefficient (Wildman–Crippen LogP) is -1.58. The van der Waals surface area contributed by atoms with Gasteiger partial charge < -0.3 is 14.8 Å². The van der Waals surface area contributed by atoms with Crippen LogP contribution in [0.5, 0.6) is 0 Å². The number of hydrogen-bond donors (Lipinski definition) is 2. The number of nitrogens with zero attached hydrogens (tertiary/aromatic N) is 3. The van der Waals surface area contributed by atoms with Crippen LogP contribution in [0.4, 0.5) is 4.79 Å². The second-order valence-corrected chi connectivity index (χ2v) is 8.98. The average molecular weight is 469 g/mol. The molecule has 5 amide bonds. The molecular weight excluding hydrogens is 438 g/mol. The van der Waals surface area contributed by atoms with Crippen LogP contribution < -0.4 is 10.6 Å². The van der Waals surface area contributed by atoms with Gasteiger partial charge in [-0.2, -0.15) is 0 Å². The zero-order valence-corrected chi connectivity index (χ0v) is 19.5. The van der Waals surface area contributed by atoms with E-state index in [-0.39, 0.29) is 38.3 Å². The van der Waals surface area contributed by atoms with Crippen molar-refractivity contribution in [2.75, 3.05) is 39.5 Å². The van der Waals surface area contributed by atoms with Gasteiger partial charge in [-0.05, 0) is 34.6 Å². The van der Waals surface area contributed by atoms with Crippen molar-refractivity contribution >= 4 is 35.7 Å². The summed E-state index contributed by atoms with van der Waals surface area (Å²) >= 11 is 0. The van der Waals surface area contributed by atoms with Crippen molar-refractivity contribution in [2.45, 2.75) is 52.3 Å². The zero-order valence-electron chi connectivity index (χ0n) is 19.5. The second-order valence-electron chi connectivity index (χ2n) is 8.98. The van der Waals surface area contributed by atoms with Crippen molar-refractivity contribution < 1.29 is 38.2 Å². The van der Waals surface area contributed by atoms with Crippen molar-refractivity contribution in [1.82, 2.24) is 25.3 Å². The van der Waals surface area contributed by atoms with Crippen LogP contribution in [0.1, 0.15) is 34.6 Å². The Balaban J connectivity index is 1.83. The number of carbonyl (C=O) groups excluding carboxylic acids is 6. The molecule has 2 aliphatic rings. The molecule has 2 heterocycles. The van der Waals surface area contributed by atoms with Gasteiger partial charge in [0.25, 0.3) is 0 Å². The standard InChI is InChI=1S/C20H31N5O8/c1-12(23-7-14(26)22-15(27)8-23)13(2)24-9-16(28)25(17(29)10-24)11-32-18(30)6-21-19(31)33-20(3,4)5/h12-13H,6-11H2,1-5H3,(H,21,31)(H,22,26,27). The lowest BCUT2D eigenvalue weighted by Crippen LogP contribution is -2.62. The van der Waals surface area contributed by atoms with Crippen LogP contribution in [0.15, 0.2) is 0 Å². The van der Waals surface area contributed by atoms with Gasteiger partial charge in [-0.15, -0.1) is 0 Å². The van der Waals surface area contributed by atoms with E-state index in [1.165, 1.54) is 0 Å². The quantitative estimate of drug-likeness (QED) is 0.330. The molecule has 13 heteroatoms. The molecule has 13 nitrogen and oxygen atoms in total. The molecule has 0 saturated carbocycles. The predicted molar refractivity (Wildman–Crippen MR) is 112 cm³/mol. The maximum atomic E-state index is 12.5. The lowest BCUT2D eigenvalue weighted by molar-refractivity contribution is -0.164. The summed E-state index contributed by atoms with van der Waals surface area (Å²) in [4.78, 5) is 75.9. The van der Waals surface area contributed by atoms with Crippen LogP contribution in [0.3, 0.4) is 0 Å². The summed E-state index contributed by atoms with van der Waals surface area (Å²) in [5.41, 5.74) is -0.725. The number of ether oxygens (including phenoxy) is 2. The zero-order chi connectivity index (χ0) is 24.9. The van der Waals surface area contributed by atoms with Crippen LogP contribution in [0, 0.1) is 0 Å². The summed E-state index contributed by atoms with van der Waals surface area (Å²) in [6.45, 7) is 7.50. The Morgan fingerprint density at radius 3 is 1.91 bits per heavy atom. The third kappa shape index (κ3) is 7.79. The van der Waals surface area contributed by atoms with Crippen LogP contribution in [-0.4, -0.2) is 108 Å². The van der Waals surface area contributed by atoms with Crippen LogP contribution in [-0.2, 0) is 33.4 Å². The van der Waals surface area contributed by atoms with E-state index in [2.05, 4.69) is 10.6 Å². The van der Waals surface area contributed by atoms with E-state index in [0.29, 0.717) is 0 Å². The minimum Gasteiger partial charge on any atom is -0.444 e. The van der Waals surface area contributed by atoms with Gasteiger partial charge in [0.1, 0.15) is 12.1 Å². The van der Waals surface area contributed by atoms with Gasteiger partial charge >= 0.3 is 12.1 Å². The van der Waals surface area contributed by atoms with Crippen molar-refractivity contribution in [1.29, 1.82) is 0 Å². The molecule has 0 aliphatic carbocycles. The van der Waals surface area contributed by atoms with Gasteiger partial charge in [-0.3, -0.25) is 39.1 Å². The molecule has 2 unspecified atom stereocenters. The number of nitrogens with one attached hydrogen (secondary N) is 2. The molecule has 2 atom stereocenters. The van der Waals surface area contributed by atoms with Crippen molar-refractivity contribution in [3.8, 4) is 0 Å². The minimum atomic E-state index is -0.834. The smallest absolute Gasteiger partial charge is 0.408 e. The van der Waals surface area contributed by atoms with Crippen LogP contribution in [0.2, 0.25) is 0 Å². The molecule has 2 saturated heterocycles. The van der Waals surface area contributed by atoms with Gasteiger partial charge in [-0.1, -0.05) is 0 Å². The summed E-state index contributed by atoms with van der Waals surface area (Å²) in [6.07, 6.45) is -0.795. The first-order chi connectivity index (χ1) is 15.3. The van der Waals surface area contributed by atoms with Gasteiger partial charge in [0.2, 0.25) is 23.6 Å². The van der Waals surface area contributed by atoms with Crippen molar-refractivity contribution in [3.05, 3.63) is 0 Å². The minimum absolute atomic E-state index is 0.0480. The third-order valence-electron chi connectivity index (χ3n) is 5.23. The summed E-state index contributed by atoms with van der Waals surface area (Å²) in [5.74, 6) is -2.73. The van der Waals surface area contributed by atoms with Crippen LogP contribution >= 0.6 is 0 Å². The van der Waals surface area contributed by atoms with Gasteiger partial charge in [0.05, 0.1) is 26.2 Å². The molecule has 2 rings (SSSR count). The fraction of sp³-hybridized carbons (Fsp3) is 0.700. The van der Waals surface area contributed by atoms with Crippen molar-refractivity contribution in [3.63, 3.8) is 0 Å². The monoisotopic (exact) mass is 469 g/mol. The lowest BCUT2D eigenvalue weighted by Gasteiger charge is -2.41. The van der Waals surface area contributed by atoms with E-state index in [1.807, 2.05) is 6.92 Å². The summed E-state index contributed by atoms with van der Waals surface area (Å²) in [6, 6.07) is -0.580. The Bertz CT molecular complexity index is 790. The van der Waals surface area contributed by atoms with Gasteiger partial charge in [-0.25, -0.2) is 9.69 Å². The number of rotatable bonds is 7. The van der Waals surface area contributed by atoms with E-state index in [1.54, 1.807) is 37.5 Å². The number of piperazine rings is 2. The summed E-state index contributed by atoms with van der Waals surface area (Å²) in [5, 5.41) is 4.46. The number of hydrogen-bond acceptors (Lipinski definition) is 10. The SMILES string of the molecule is CC(C(C)N1CC(=O)N(COC(=O)CNC(=O)OC(C)(C)C)C(=O)C1)N1CC(=O)NC(=O)C1. The largest absolute Gasteiger partial charge is 0.444 e. The Kier molecular flexibility index (Phi) is 8.50. The van der Waals surface area contributed by atoms with Gasteiger partial charge in [0.15, 0.2) is 6.73 Å². The number of esters is 1. The maximum Gasteiger partial charge on any atom is 0.408 e. The fourth-order valence-electron chi connectivity index (χ4n) is 3.35. The highest BCUT2D eigenvalue weighted by Crippen LogP contribution is 2.16. The normalized spacial score (nSPS) is 20.2. The maximum absolute atomic E-state index is 12.5. The molecule has 2 aliphatic heterocycles. The van der Waals surface area contributed by atoms with E-state index in [9.17, 15) is 28.8 Å². The first-order valence-corrected chi connectivity index (χ1v) is 10.5. The van der Waals surface area contributed by atoms with E-state index < -0.39 is 54.6 Å². The lowest BCUT2D eigenvalue weighted by atomic mass is 10.1. The van der Waals surface area contributed by atoms with Crippen LogP contribution in [0.25, 0.3) is 0 Å². The Morgan fingerprint density at radius 1 is 0.939 bits per heavy atom. The molecule has 2 N–H and O–H groups in total. The number of alkyl carbamates (subject to hydrolysis) is 1. The number of imide groups is 2. The first-order valence-electron chi connectivity index (χ1n) is 10.5. The second kappa shape index (κ2) is 10.7. The highest BCUT2D eigenvalue weighted by Gasteiger charge is 2.38. The van der Waals surface area contributed by atoms with E-state index in [4.69, 9.17) is 9.47 Å². The highest BCUT2D eigenvalue weighted by atomic mass is 16.6. The first kappa shape index (κ1) is 26.2. The Hall–Kier alpha value is -3.06. The molecule has 0 bridgehead atoms. The third-order valence-corrected chi connectivity index (χ3v) is 5.23. The molecular formula is C20H31N5O8. The molecule has 0 aromatic heterocycles. The van der Waals surface area contributed by atoms with E-state index in [0.717, 1.165) is 4.90 Å². The molecule has 0 spiro atoms. The summed E-state index contributed by atoms with van der Waals surface area (Å²) in [7, 11) is 0. The van der Waals surface area contributed by atoms with E-state index >= 15 is 0 Å². The molecule has 2 fully saturated rings. The summed E-state index contributed by atoms with van der Waals surface area (Å²) < 4.78 is 9.93. The molecule has 184 valence electrons. The number of amides is 5. The number of carbonyl (C=O) groups is 6. The van der Waals surface area contributed by atoms with Gasteiger partial charge in [0, 0.05) is 12.1 Å². The molecule has 33 heavy (non-hydrogen) atoms. The average Bonchev–Trinajstić information content (AvgIpc) is 2.68. The molecule has 0 radical (unpaired) electrons. The topological polar surface area (TPSA) is 155 Å². The Morgan fingerprint density at radius 2 is 1.42 bits per heavy atom. The molecule has 0 aromatic rings. The highest BCUT2D eigenvalue weighted by molar-refractivity contribution is 6.00. The van der Waals surface area contributed by atoms with Crippen molar-refractivity contribution in [2.24, 2.45) is 0 Å². The molecule has 0 aromatic carbocycles. The Labute approximate surface area is 191 Å². The fourth-order valence-corrected chi connectivity index (χ4v) is 3.35.